The van der Waals surface area contributed by atoms with E-state index >= 15 is 0 Å². The number of hydrogen-bond acceptors (Lipinski definition) is 3. The maximum absolute atomic E-state index is 11.0. The number of ether oxygens (including phenoxy) is 1. The molecule has 0 atom stereocenters. The zero-order chi connectivity index (χ0) is 16.2. The summed E-state index contributed by atoms with van der Waals surface area (Å²) in [6.45, 7) is 2.04. The summed E-state index contributed by atoms with van der Waals surface area (Å²) < 4.78 is 5.79. The van der Waals surface area contributed by atoms with Gasteiger partial charge in [-0.1, -0.05) is 29.8 Å². The van der Waals surface area contributed by atoms with E-state index in [0.29, 0.717) is 6.42 Å². The van der Waals surface area contributed by atoms with E-state index in [4.69, 9.17) is 10.5 Å². The highest BCUT2D eigenvalue weighted by atomic mass is 16.5. The Labute approximate surface area is 134 Å². The van der Waals surface area contributed by atoms with Crippen LogP contribution in [0.4, 0.5) is 0 Å². The first-order valence-electron chi connectivity index (χ1n) is 7.28. The normalized spacial score (nSPS) is 10.5. The zero-order valence-corrected chi connectivity index (χ0v) is 12.7. The lowest BCUT2D eigenvalue weighted by Gasteiger charge is -2.07. The number of carbonyl (C=O) groups is 1. The largest absolute Gasteiger partial charge is 0.457 e. The van der Waals surface area contributed by atoms with E-state index in [1.165, 1.54) is 5.56 Å². The zero-order valence-electron chi connectivity index (χ0n) is 12.7. The highest BCUT2D eigenvalue weighted by Gasteiger charge is 2.07. The van der Waals surface area contributed by atoms with E-state index in [0.717, 1.165) is 22.8 Å². The molecule has 5 nitrogen and oxygen atoms in total. The molecule has 0 radical (unpaired) electrons. The molecule has 0 saturated heterocycles. The minimum atomic E-state index is -0.533. The van der Waals surface area contributed by atoms with Crippen molar-refractivity contribution in [2.75, 3.05) is 0 Å². The lowest BCUT2D eigenvalue weighted by atomic mass is 10.1. The van der Waals surface area contributed by atoms with Crippen molar-refractivity contribution in [2.45, 2.75) is 13.3 Å². The highest BCUT2D eigenvalue weighted by molar-refractivity contribution is 5.90. The van der Waals surface area contributed by atoms with Crippen molar-refractivity contribution in [2.24, 2.45) is 5.73 Å². The molecule has 1 heterocycles. The van der Waals surface area contributed by atoms with Gasteiger partial charge < -0.3 is 10.5 Å². The second kappa shape index (κ2) is 6.36. The molecule has 3 rings (SSSR count). The van der Waals surface area contributed by atoms with Gasteiger partial charge >= 0.3 is 0 Å². The Morgan fingerprint density at radius 2 is 1.70 bits per heavy atom. The molecule has 0 saturated carbocycles. The fraction of sp³-hybridized carbons (Fsp3) is 0.111. The van der Waals surface area contributed by atoms with Crippen LogP contribution in [0.2, 0.25) is 0 Å². The SMILES string of the molecule is Cc1ccc(Oc2ccc(Cc3cc(C(N)=O)n[nH]3)cc2)cc1. The van der Waals surface area contributed by atoms with Gasteiger partial charge in [0.2, 0.25) is 0 Å². The Balaban J connectivity index is 1.66. The number of H-pyrrole nitrogens is 1. The number of nitrogens with two attached hydrogens (primary N) is 1. The van der Waals surface area contributed by atoms with Crippen molar-refractivity contribution in [1.29, 1.82) is 0 Å². The summed E-state index contributed by atoms with van der Waals surface area (Å²) in [7, 11) is 0. The molecular formula is C18H17N3O2. The first-order chi connectivity index (χ1) is 11.1. The molecule has 1 amide bonds. The highest BCUT2D eigenvalue weighted by Crippen LogP contribution is 2.22. The van der Waals surface area contributed by atoms with Gasteiger partial charge in [0.1, 0.15) is 17.2 Å². The molecule has 5 heteroatoms. The van der Waals surface area contributed by atoms with Crippen LogP contribution in [0.25, 0.3) is 0 Å². The minimum Gasteiger partial charge on any atom is -0.457 e. The van der Waals surface area contributed by atoms with E-state index in [2.05, 4.69) is 10.2 Å². The number of amides is 1. The predicted octanol–water partition coefficient (Wildman–Crippen LogP) is 3.20. The topological polar surface area (TPSA) is 81.0 Å². The Morgan fingerprint density at radius 3 is 2.26 bits per heavy atom. The lowest BCUT2D eigenvalue weighted by molar-refractivity contribution is 0.0995. The van der Waals surface area contributed by atoms with E-state index in [1.54, 1.807) is 6.07 Å². The average Bonchev–Trinajstić information content (AvgIpc) is 3.00. The molecule has 0 fully saturated rings. The minimum absolute atomic E-state index is 0.249. The molecule has 2 aromatic carbocycles. The number of aryl methyl sites for hydroxylation is 1. The van der Waals surface area contributed by atoms with Crippen LogP contribution in [0.5, 0.6) is 11.5 Å². The van der Waals surface area contributed by atoms with Gasteiger partial charge in [0, 0.05) is 12.1 Å². The summed E-state index contributed by atoms with van der Waals surface area (Å²) >= 11 is 0. The number of benzene rings is 2. The fourth-order valence-corrected chi connectivity index (χ4v) is 2.22. The first-order valence-corrected chi connectivity index (χ1v) is 7.28. The molecule has 3 N–H and O–H groups in total. The molecule has 0 bridgehead atoms. The molecule has 3 aromatic rings. The van der Waals surface area contributed by atoms with Crippen LogP contribution in [0.15, 0.2) is 54.6 Å². The number of aromatic amines is 1. The number of carbonyl (C=O) groups excluding carboxylic acids is 1. The molecule has 0 unspecified atom stereocenters. The summed E-state index contributed by atoms with van der Waals surface area (Å²) in [5.41, 5.74) is 8.55. The molecule has 0 aliphatic heterocycles. The summed E-state index contributed by atoms with van der Waals surface area (Å²) in [5, 5.41) is 6.68. The van der Waals surface area contributed by atoms with Crippen LogP contribution < -0.4 is 10.5 Å². The Bertz CT molecular complexity index is 805. The van der Waals surface area contributed by atoms with Gasteiger partial charge in [-0.25, -0.2) is 0 Å². The van der Waals surface area contributed by atoms with Gasteiger partial charge in [0.25, 0.3) is 5.91 Å². The van der Waals surface area contributed by atoms with Crippen LogP contribution in [-0.4, -0.2) is 16.1 Å². The first kappa shape index (κ1) is 14.8. The molecule has 116 valence electrons. The standard InChI is InChI=1S/C18H17N3O2/c1-12-2-6-15(7-3-12)23-16-8-4-13(5-9-16)10-14-11-17(18(19)22)21-20-14/h2-9,11H,10H2,1H3,(H2,19,22)(H,20,21). The summed E-state index contributed by atoms with van der Waals surface area (Å²) in [5.74, 6) is 1.05. The van der Waals surface area contributed by atoms with E-state index < -0.39 is 5.91 Å². The van der Waals surface area contributed by atoms with Gasteiger partial charge in [0.15, 0.2) is 0 Å². The maximum atomic E-state index is 11.0. The van der Waals surface area contributed by atoms with Crippen LogP contribution in [0.1, 0.15) is 27.3 Å². The Kier molecular flexibility index (Phi) is 4.10. The van der Waals surface area contributed by atoms with Gasteiger partial charge in [0.05, 0.1) is 0 Å². The quantitative estimate of drug-likeness (QED) is 0.759. The molecule has 0 aliphatic carbocycles. The molecule has 0 spiro atoms. The number of nitrogens with zero attached hydrogens (tertiary/aromatic N) is 1. The van der Waals surface area contributed by atoms with Crippen LogP contribution >= 0.6 is 0 Å². The van der Waals surface area contributed by atoms with Crippen molar-refractivity contribution in [3.63, 3.8) is 0 Å². The van der Waals surface area contributed by atoms with Crippen LogP contribution in [0.3, 0.4) is 0 Å². The van der Waals surface area contributed by atoms with Crippen molar-refractivity contribution < 1.29 is 9.53 Å². The maximum Gasteiger partial charge on any atom is 0.269 e. The van der Waals surface area contributed by atoms with E-state index in [9.17, 15) is 4.79 Å². The molecule has 1 aromatic heterocycles. The number of hydrogen-bond donors (Lipinski definition) is 2. The molecular weight excluding hydrogens is 290 g/mol. The second-order valence-electron chi connectivity index (χ2n) is 5.38. The van der Waals surface area contributed by atoms with Gasteiger partial charge in [-0.05, 0) is 42.8 Å². The van der Waals surface area contributed by atoms with Crippen molar-refractivity contribution >= 4 is 5.91 Å². The third-order valence-electron chi connectivity index (χ3n) is 3.46. The second-order valence-corrected chi connectivity index (χ2v) is 5.38. The Hall–Kier alpha value is -3.08. The smallest absolute Gasteiger partial charge is 0.269 e. The monoisotopic (exact) mass is 307 g/mol. The fourth-order valence-electron chi connectivity index (χ4n) is 2.22. The lowest BCUT2D eigenvalue weighted by Crippen LogP contribution is -2.10. The molecule has 23 heavy (non-hydrogen) atoms. The number of nitrogens with one attached hydrogen (secondary N) is 1. The van der Waals surface area contributed by atoms with Crippen LogP contribution in [-0.2, 0) is 6.42 Å². The van der Waals surface area contributed by atoms with E-state index in [-0.39, 0.29) is 5.69 Å². The summed E-state index contributed by atoms with van der Waals surface area (Å²) in [6, 6.07) is 17.4. The van der Waals surface area contributed by atoms with Gasteiger partial charge in [-0.15, -0.1) is 0 Å². The molecule has 0 aliphatic rings. The van der Waals surface area contributed by atoms with Crippen molar-refractivity contribution in [3.05, 3.63) is 77.1 Å². The summed E-state index contributed by atoms with van der Waals surface area (Å²) in [4.78, 5) is 11.0. The summed E-state index contributed by atoms with van der Waals surface area (Å²) in [6.07, 6.45) is 0.644. The number of rotatable bonds is 5. The van der Waals surface area contributed by atoms with E-state index in [1.807, 2.05) is 55.5 Å². The van der Waals surface area contributed by atoms with Crippen LogP contribution in [0, 0.1) is 6.92 Å². The third-order valence-corrected chi connectivity index (χ3v) is 3.46. The van der Waals surface area contributed by atoms with Crippen molar-refractivity contribution in [3.8, 4) is 11.5 Å². The van der Waals surface area contributed by atoms with Gasteiger partial charge in [-0.2, -0.15) is 5.10 Å². The number of aromatic nitrogens is 2. The van der Waals surface area contributed by atoms with Gasteiger partial charge in [-0.3, -0.25) is 9.89 Å². The third kappa shape index (κ3) is 3.77. The Morgan fingerprint density at radius 1 is 1.09 bits per heavy atom. The number of primary amides is 1. The van der Waals surface area contributed by atoms with Crippen molar-refractivity contribution in [1.82, 2.24) is 10.2 Å². The predicted molar refractivity (Wildman–Crippen MR) is 87.6 cm³/mol. The average molecular weight is 307 g/mol.